The van der Waals surface area contributed by atoms with Crippen LogP contribution in [-0.2, 0) is 16.1 Å². The number of aromatic nitrogens is 1. The second-order valence-electron chi connectivity index (χ2n) is 7.25. The van der Waals surface area contributed by atoms with Crippen molar-refractivity contribution < 1.29 is 28.6 Å². The maximum atomic E-state index is 12.6. The molecule has 8 nitrogen and oxygen atoms in total. The molecule has 4 rings (SSSR count). The monoisotopic (exact) mass is 458 g/mol. The Morgan fingerprint density at radius 3 is 2.26 bits per heavy atom. The van der Waals surface area contributed by atoms with Gasteiger partial charge in [-0.3, -0.25) is 4.90 Å². The van der Waals surface area contributed by atoms with Crippen LogP contribution in [0.2, 0.25) is 0 Å². The predicted molar refractivity (Wildman–Crippen MR) is 126 cm³/mol. The Kier molecular flexibility index (Phi) is 6.88. The second kappa shape index (κ2) is 10.4. The second-order valence-corrected chi connectivity index (χ2v) is 7.25. The molecular weight excluding hydrogens is 436 g/mol. The van der Waals surface area contributed by atoms with Crippen molar-refractivity contribution in [1.29, 1.82) is 0 Å². The lowest BCUT2D eigenvalue weighted by molar-refractivity contribution is -0.139. The number of amides is 1. The zero-order valence-corrected chi connectivity index (χ0v) is 18.4. The molecule has 0 radical (unpaired) electrons. The Labute approximate surface area is 196 Å². The lowest BCUT2D eigenvalue weighted by atomic mass is 10.1. The Balaban J connectivity index is 1.70. The SMILES string of the molecule is COC(=O)N(Cc1nc(-c2ccccc2)c(-c2ccccc2)o1)c1cccc(OC[12C](=O)O)c1. The first-order valence-electron chi connectivity index (χ1n) is 10.5. The Hall–Kier alpha value is -4.59. The average Bonchev–Trinajstić information content (AvgIpc) is 3.31. The molecule has 0 saturated carbocycles. The first kappa shape index (κ1) is 22.6. The van der Waals surface area contributed by atoms with E-state index in [1.807, 2.05) is 60.7 Å². The van der Waals surface area contributed by atoms with Gasteiger partial charge in [0.2, 0.25) is 5.89 Å². The van der Waals surface area contributed by atoms with Crippen molar-refractivity contribution in [2.75, 3.05) is 18.6 Å². The molecule has 0 aliphatic rings. The van der Waals surface area contributed by atoms with Crippen molar-refractivity contribution in [3.8, 4) is 28.3 Å². The molecule has 172 valence electrons. The summed E-state index contributed by atoms with van der Waals surface area (Å²) in [4.78, 5) is 29.5. The van der Waals surface area contributed by atoms with Crippen molar-refractivity contribution in [3.05, 3.63) is 90.8 Å². The summed E-state index contributed by atoms with van der Waals surface area (Å²) in [7, 11) is 1.28. The molecule has 0 aliphatic heterocycles. The number of ether oxygens (including phenoxy) is 2. The van der Waals surface area contributed by atoms with Crippen LogP contribution in [0.1, 0.15) is 5.89 Å². The maximum absolute atomic E-state index is 12.6. The van der Waals surface area contributed by atoms with E-state index >= 15 is 0 Å². The highest BCUT2D eigenvalue weighted by Gasteiger charge is 2.23. The van der Waals surface area contributed by atoms with Crippen LogP contribution in [0.5, 0.6) is 5.75 Å². The Morgan fingerprint density at radius 1 is 0.941 bits per heavy atom. The number of carbonyl (C=O) groups is 2. The molecular formula is C26H22N2O6. The van der Waals surface area contributed by atoms with Gasteiger partial charge in [-0.2, -0.15) is 0 Å². The number of carboxylic acid groups (broad SMARTS) is 1. The highest BCUT2D eigenvalue weighted by atomic mass is 16.5. The van der Waals surface area contributed by atoms with Crippen LogP contribution in [0.25, 0.3) is 22.6 Å². The van der Waals surface area contributed by atoms with E-state index < -0.39 is 18.7 Å². The van der Waals surface area contributed by atoms with Gasteiger partial charge in [0, 0.05) is 17.2 Å². The smallest absolute Gasteiger partial charge is 0.414 e. The molecule has 1 amide bonds. The van der Waals surface area contributed by atoms with E-state index in [2.05, 4.69) is 0 Å². The Bertz CT molecular complexity index is 1210. The zero-order chi connectivity index (χ0) is 23.9. The number of aliphatic carboxylic acids is 1. The molecule has 0 bridgehead atoms. The molecule has 4 aromatic rings. The van der Waals surface area contributed by atoms with Crippen molar-refractivity contribution >= 4 is 17.7 Å². The molecule has 0 spiro atoms. The van der Waals surface area contributed by atoms with Crippen LogP contribution < -0.4 is 9.64 Å². The first-order valence-corrected chi connectivity index (χ1v) is 10.5. The highest BCUT2D eigenvalue weighted by molar-refractivity contribution is 5.87. The van der Waals surface area contributed by atoms with Gasteiger partial charge in [0.1, 0.15) is 18.0 Å². The number of carbonyl (C=O) groups excluding carboxylic acids is 1. The van der Waals surface area contributed by atoms with Crippen LogP contribution >= 0.6 is 0 Å². The van der Waals surface area contributed by atoms with E-state index in [9.17, 15) is 9.59 Å². The Morgan fingerprint density at radius 2 is 1.62 bits per heavy atom. The van der Waals surface area contributed by atoms with Gasteiger partial charge in [-0.05, 0) is 12.1 Å². The number of rotatable bonds is 8. The quantitative estimate of drug-likeness (QED) is 0.385. The lowest BCUT2D eigenvalue weighted by Crippen LogP contribution is -2.30. The summed E-state index contributed by atoms with van der Waals surface area (Å²) < 4.78 is 16.4. The first-order chi connectivity index (χ1) is 16.5. The minimum Gasteiger partial charge on any atom is -0.482 e. The van der Waals surface area contributed by atoms with Crippen LogP contribution in [0.15, 0.2) is 89.3 Å². The normalized spacial score (nSPS) is 10.5. The summed E-state index contributed by atoms with van der Waals surface area (Å²) in [5, 5.41) is 8.86. The van der Waals surface area contributed by atoms with Crippen molar-refractivity contribution in [3.63, 3.8) is 0 Å². The molecule has 34 heavy (non-hydrogen) atoms. The lowest BCUT2D eigenvalue weighted by Gasteiger charge is -2.20. The number of hydrogen-bond acceptors (Lipinski definition) is 6. The predicted octanol–water partition coefficient (Wildman–Crippen LogP) is 5.25. The fourth-order valence-corrected chi connectivity index (χ4v) is 3.40. The van der Waals surface area contributed by atoms with Gasteiger partial charge < -0.3 is 19.0 Å². The number of benzene rings is 3. The van der Waals surface area contributed by atoms with E-state index in [1.54, 1.807) is 24.3 Å². The third kappa shape index (κ3) is 5.24. The van der Waals surface area contributed by atoms with E-state index in [4.69, 9.17) is 24.0 Å². The molecule has 0 atom stereocenters. The van der Waals surface area contributed by atoms with Gasteiger partial charge in [-0.15, -0.1) is 0 Å². The summed E-state index contributed by atoms with van der Waals surface area (Å²) in [6, 6.07) is 25.7. The van der Waals surface area contributed by atoms with Crippen molar-refractivity contribution in [2.24, 2.45) is 0 Å². The molecule has 8 heteroatoms. The van der Waals surface area contributed by atoms with E-state index in [0.717, 1.165) is 11.1 Å². The minimum absolute atomic E-state index is 0.0122. The molecule has 0 aliphatic carbocycles. The largest absolute Gasteiger partial charge is 0.482 e. The third-order valence-corrected chi connectivity index (χ3v) is 4.93. The summed E-state index contributed by atoms with van der Waals surface area (Å²) in [5.41, 5.74) is 2.83. The third-order valence-electron chi connectivity index (χ3n) is 4.93. The number of anilines is 1. The molecule has 0 saturated heterocycles. The fourth-order valence-electron chi connectivity index (χ4n) is 3.40. The van der Waals surface area contributed by atoms with Gasteiger partial charge in [0.05, 0.1) is 12.8 Å². The van der Waals surface area contributed by atoms with Gasteiger partial charge in [-0.25, -0.2) is 14.6 Å². The maximum Gasteiger partial charge on any atom is 0.414 e. The van der Waals surface area contributed by atoms with Crippen LogP contribution in [-0.4, -0.2) is 35.9 Å². The molecule has 3 aromatic carbocycles. The van der Waals surface area contributed by atoms with Crippen molar-refractivity contribution in [1.82, 2.24) is 4.98 Å². The van der Waals surface area contributed by atoms with E-state index in [0.29, 0.717) is 28.8 Å². The van der Waals surface area contributed by atoms with Crippen molar-refractivity contribution in [2.45, 2.75) is 6.54 Å². The summed E-state index contributed by atoms with van der Waals surface area (Å²) in [6.45, 7) is -0.510. The molecule has 0 fully saturated rings. The van der Waals surface area contributed by atoms with Gasteiger partial charge >= 0.3 is 12.1 Å². The zero-order valence-electron chi connectivity index (χ0n) is 18.4. The standard InChI is InChI=1S/C26H22N2O6/c1-32-26(31)28(20-13-8-14-21(15-20)33-17-23(29)30)16-22-27-24(18-9-4-2-5-10-18)25(34-22)19-11-6-3-7-12-19/h2-15H,16-17H2,1H3,(H,29,30)/i23+0. The number of hydrogen-bond donors (Lipinski definition) is 1. The number of carboxylic acids is 1. The summed E-state index contributed by atoms with van der Waals surface area (Å²) in [5.74, 6) is 0.0955. The van der Waals surface area contributed by atoms with Crippen LogP contribution in [0.4, 0.5) is 10.5 Å². The molecule has 1 heterocycles. The van der Waals surface area contributed by atoms with Gasteiger partial charge in [0.15, 0.2) is 12.4 Å². The highest BCUT2D eigenvalue weighted by Crippen LogP contribution is 2.33. The average molecular weight is 458 g/mol. The number of oxazole rings is 1. The fraction of sp³-hybridized carbons (Fsp3) is 0.115. The molecule has 1 N–H and O–H groups in total. The summed E-state index contributed by atoms with van der Waals surface area (Å²) >= 11 is 0. The van der Waals surface area contributed by atoms with Gasteiger partial charge in [0.25, 0.3) is 0 Å². The summed E-state index contributed by atoms with van der Waals surface area (Å²) in [6.07, 6.45) is -0.629. The van der Waals surface area contributed by atoms with Crippen LogP contribution in [0.3, 0.4) is 0 Å². The number of methoxy groups -OCH3 is 1. The molecule has 1 aromatic heterocycles. The molecule has 0 unspecified atom stereocenters. The topological polar surface area (TPSA) is 102 Å². The van der Waals surface area contributed by atoms with Gasteiger partial charge in [-0.1, -0.05) is 66.7 Å². The number of nitrogens with zero attached hydrogens (tertiary/aromatic N) is 2. The van der Waals surface area contributed by atoms with E-state index in [-0.39, 0.29) is 6.54 Å². The van der Waals surface area contributed by atoms with Crippen LogP contribution in [0, 0.1) is 0 Å². The minimum atomic E-state index is -1.10. The van der Waals surface area contributed by atoms with E-state index in [1.165, 1.54) is 12.0 Å².